The van der Waals surface area contributed by atoms with E-state index in [-0.39, 0.29) is 17.0 Å². The predicted molar refractivity (Wildman–Crippen MR) is 132 cm³/mol. The third-order valence-corrected chi connectivity index (χ3v) is 6.95. The van der Waals surface area contributed by atoms with Crippen molar-refractivity contribution >= 4 is 46.9 Å². The van der Waals surface area contributed by atoms with Gasteiger partial charge in [-0.1, -0.05) is 24.6 Å². The summed E-state index contributed by atoms with van der Waals surface area (Å²) in [5.41, 5.74) is 4.82. The number of barbiturate groups is 1. The van der Waals surface area contributed by atoms with Crippen molar-refractivity contribution in [3.63, 3.8) is 0 Å². The molecular formula is C26H28ClN3O3. The van der Waals surface area contributed by atoms with E-state index in [1.165, 1.54) is 6.08 Å². The Balaban J connectivity index is 1.78. The molecule has 0 aliphatic carbocycles. The Morgan fingerprint density at radius 3 is 2.33 bits per heavy atom. The summed E-state index contributed by atoms with van der Waals surface area (Å²) in [7, 11) is 2.05. The van der Waals surface area contributed by atoms with Crippen molar-refractivity contribution in [3.05, 3.63) is 63.2 Å². The van der Waals surface area contributed by atoms with Crippen LogP contribution in [0.25, 0.3) is 6.08 Å². The maximum absolute atomic E-state index is 13.3. The predicted octanol–water partition coefficient (Wildman–Crippen LogP) is 5.35. The lowest BCUT2D eigenvalue weighted by Crippen LogP contribution is -2.54. The minimum Gasteiger partial charge on any atom is -0.369 e. The van der Waals surface area contributed by atoms with E-state index in [0.717, 1.165) is 33.7 Å². The molecule has 33 heavy (non-hydrogen) atoms. The second kappa shape index (κ2) is 8.03. The van der Waals surface area contributed by atoms with Gasteiger partial charge < -0.3 is 4.90 Å². The summed E-state index contributed by atoms with van der Waals surface area (Å²) in [6.07, 6.45) is 2.44. The second-order valence-corrected chi connectivity index (χ2v) is 10.1. The fraction of sp³-hybridized carbons (Fsp3) is 0.346. The number of benzene rings is 2. The molecule has 2 aromatic rings. The van der Waals surface area contributed by atoms with Crippen molar-refractivity contribution in [2.75, 3.05) is 16.8 Å². The van der Waals surface area contributed by atoms with E-state index >= 15 is 0 Å². The van der Waals surface area contributed by atoms with Gasteiger partial charge in [-0.05, 0) is 92.6 Å². The van der Waals surface area contributed by atoms with Crippen LogP contribution in [-0.4, -0.2) is 30.4 Å². The Hall–Kier alpha value is -3.12. The molecule has 2 aliphatic heterocycles. The number of hydrogen-bond donors (Lipinski definition) is 1. The van der Waals surface area contributed by atoms with E-state index in [0.29, 0.717) is 16.3 Å². The molecule has 1 saturated heterocycles. The minimum absolute atomic E-state index is 0.0121. The van der Waals surface area contributed by atoms with Crippen LogP contribution in [0.15, 0.2) is 35.9 Å². The number of carbonyl (C=O) groups excluding carboxylic acids is 3. The van der Waals surface area contributed by atoms with Crippen LogP contribution in [0.5, 0.6) is 0 Å². The second-order valence-electron chi connectivity index (χ2n) is 9.71. The van der Waals surface area contributed by atoms with E-state index < -0.39 is 17.8 Å². The first-order valence-corrected chi connectivity index (χ1v) is 11.3. The van der Waals surface area contributed by atoms with Crippen molar-refractivity contribution in [1.82, 2.24) is 5.32 Å². The van der Waals surface area contributed by atoms with Gasteiger partial charge in [0.1, 0.15) is 5.57 Å². The van der Waals surface area contributed by atoms with Gasteiger partial charge in [0, 0.05) is 23.3 Å². The molecule has 0 aromatic heterocycles. The summed E-state index contributed by atoms with van der Waals surface area (Å²) < 4.78 is 0. The molecule has 4 rings (SSSR count). The maximum Gasteiger partial charge on any atom is 0.335 e. The molecule has 172 valence electrons. The quantitative estimate of drug-likeness (QED) is 0.479. The Morgan fingerprint density at radius 1 is 1.06 bits per heavy atom. The zero-order chi connectivity index (χ0) is 24.2. The molecule has 0 unspecified atom stereocenters. The molecule has 2 heterocycles. The molecule has 2 aromatic carbocycles. The first-order chi connectivity index (χ1) is 15.4. The largest absolute Gasteiger partial charge is 0.369 e. The summed E-state index contributed by atoms with van der Waals surface area (Å²) in [5.74, 6) is -1.12. The number of imide groups is 2. The molecule has 0 radical (unpaired) electrons. The van der Waals surface area contributed by atoms with Gasteiger partial charge in [-0.25, -0.2) is 9.69 Å². The molecule has 1 N–H and O–H groups in total. The Labute approximate surface area is 199 Å². The van der Waals surface area contributed by atoms with E-state index in [1.54, 1.807) is 12.1 Å². The fourth-order valence-electron chi connectivity index (χ4n) is 4.84. The number of hydrogen-bond acceptors (Lipinski definition) is 4. The van der Waals surface area contributed by atoms with E-state index in [9.17, 15) is 14.4 Å². The van der Waals surface area contributed by atoms with Gasteiger partial charge in [0.2, 0.25) is 0 Å². The molecule has 1 fully saturated rings. The Kier molecular flexibility index (Phi) is 5.61. The average Bonchev–Trinajstić information content (AvgIpc) is 2.69. The smallest absolute Gasteiger partial charge is 0.335 e. The first-order valence-electron chi connectivity index (χ1n) is 11.0. The molecule has 0 saturated carbocycles. The highest BCUT2D eigenvalue weighted by molar-refractivity contribution is 6.40. The van der Waals surface area contributed by atoms with Crippen molar-refractivity contribution in [2.45, 2.75) is 52.5 Å². The number of carbonyl (C=O) groups is 3. The van der Waals surface area contributed by atoms with Crippen molar-refractivity contribution in [3.8, 4) is 0 Å². The molecular weight excluding hydrogens is 438 g/mol. The number of fused-ring (bicyclic) bond motifs is 1. The number of rotatable bonds is 2. The highest BCUT2D eigenvalue weighted by Crippen LogP contribution is 2.44. The van der Waals surface area contributed by atoms with Crippen LogP contribution in [0.1, 0.15) is 55.4 Å². The maximum atomic E-state index is 13.3. The zero-order valence-corrected chi connectivity index (χ0v) is 20.5. The van der Waals surface area contributed by atoms with Gasteiger partial charge in [0.15, 0.2) is 0 Å². The number of amides is 4. The van der Waals surface area contributed by atoms with Gasteiger partial charge >= 0.3 is 6.03 Å². The van der Waals surface area contributed by atoms with Crippen LogP contribution < -0.4 is 15.1 Å². The Bertz CT molecular complexity index is 1210. The topological polar surface area (TPSA) is 69.7 Å². The fourth-order valence-corrected chi connectivity index (χ4v) is 5.05. The summed E-state index contributed by atoms with van der Waals surface area (Å²) in [6.45, 7) is 10.3. The minimum atomic E-state index is -0.763. The van der Waals surface area contributed by atoms with Crippen LogP contribution >= 0.6 is 11.6 Å². The monoisotopic (exact) mass is 465 g/mol. The van der Waals surface area contributed by atoms with Gasteiger partial charge in [-0.2, -0.15) is 0 Å². The molecule has 1 atom stereocenters. The SMILES string of the molecule is Cc1cc(C)cc(N2C(=O)NC(=O)/C(=C\c3cc4c(cc3Cl)N(C)C(C)(C)C[C@H]4C)C2=O)c1. The number of anilines is 2. The van der Waals surface area contributed by atoms with Crippen molar-refractivity contribution < 1.29 is 14.4 Å². The highest BCUT2D eigenvalue weighted by atomic mass is 35.5. The van der Waals surface area contributed by atoms with Crippen LogP contribution in [0.3, 0.4) is 0 Å². The number of nitrogens with one attached hydrogen (secondary N) is 1. The van der Waals surface area contributed by atoms with E-state index in [4.69, 9.17) is 11.6 Å². The lowest BCUT2D eigenvalue weighted by molar-refractivity contribution is -0.122. The van der Waals surface area contributed by atoms with Gasteiger partial charge in [0.25, 0.3) is 11.8 Å². The van der Waals surface area contributed by atoms with Crippen LogP contribution in [0.2, 0.25) is 5.02 Å². The highest BCUT2D eigenvalue weighted by Gasteiger charge is 2.38. The van der Waals surface area contributed by atoms with Crippen molar-refractivity contribution in [2.24, 2.45) is 0 Å². The van der Waals surface area contributed by atoms with Crippen LogP contribution in [0, 0.1) is 13.8 Å². The summed E-state index contributed by atoms with van der Waals surface area (Å²) in [5, 5.41) is 2.72. The Morgan fingerprint density at radius 2 is 1.70 bits per heavy atom. The molecule has 4 amide bonds. The third-order valence-electron chi connectivity index (χ3n) is 6.62. The number of halogens is 1. The van der Waals surface area contributed by atoms with Gasteiger partial charge in [-0.3, -0.25) is 14.9 Å². The van der Waals surface area contributed by atoms with Crippen molar-refractivity contribution in [1.29, 1.82) is 0 Å². The van der Waals surface area contributed by atoms with Crippen LogP contribution in [-0.2, 0) is 9.59 Å². The number of aryl methyl sites for hydroxylation is 2. The summed E-state index contributed by atoms with van der Waals surface area (Å²) >= 11 is 6.61. The molecule has 0 spiro atoms. The molecule has 6 nitrogen and oxygen atoms in total. The molecule has 0 bridgehead atoms. The molecule has 7 heteroatoms. The molecule has 2 aliphatic rings. The summed E-state index contributed by atoms with van der Waals surface area (Å²) in [6, 6.07) is 8.50. The lowest BCUT2D eigenvalue weighted by atomic mass is 9.80. The first kappa shape index (κ1) is 23.1. The van der Waals surface area contributed by atoms with Crippen LogP contribution in [0.4, 0.5) is 16.2 Å². The normalized spacial score (nSPS) is 21.4. The number of nitrogens with zero attached hydrogens (tertiary/aromatic N) is 2. The van der Waals surface area contributed by atoms with Gasteiger partial charge in [-0.15, -0.1) is 0 Å². The standard InChI is InChI=1S/C26H28ClN3O3/c1-14-7-15(2)9-18(8-14)30-24(32)20(23(31)28-25(30)33)11-17-10-19-16(3)13-26(4,5)29(6)22(19)12-21(17)27/h7-12,16H,13H2,1-6H3,(H,28,31,33)/b20-11+/t16-/m1/s1. The average molecular weight is 466 g/mol. The lowest BCUT2D eigenvalue weighted by Gasteiger charge is -2.45. The van der Waals surface area contributed by atoms with E-state index in [1.807, 2.05) is 39.1 Å². The third kappa shape index (κ3) is 4.04. The van der Waals surface area contributed by atoms with Gasteiger partial charge in [0.05, 0.1) is 5.69 Å². The number of urea groups is 1. The van der Waals surface area contributed by atoms with E-state index in [2.05, 4.69) is 31.0 Å². The zero-order valence-electron chi connectivity index (χ0n) is 19.7. The summed E-state index contributed by atoms with van der Waals surface area (Å²) in [4.78, 5) is 41.7.